The molecule has 3 aromatic carbocycles. The first-order valence-electron chi connectivity index (χ1n) is 11.0. The van der Waals surface area contributed by atoms with Crippen LogP contribution in [0.3, 0.4) is 0 Å². The number of nitrogens with zero attached hydrogens (tertiary/aromatic N) is 1. The van der Waals surface area contributed by atoms with E-state index in [1.54, 1.807) is 0 Å². The lowest BCUT2D eigenvalue weighted by Gasteiger charge is -2.52. The summed E-state index contributed by atoms with van der Waals surface area (Å²) in [7, 11) is 0. The van der Waals surface area contributed by atoms with Gasteiger partial charge in [-0.1, -0.05) is 73.2 Å². The minimum atomic E-state index is -0.513. The highest BCUT2D eigenvalue weighted by Gasteiger charge is 2.66. The van der Waals surface area contributed by atoms with Gasteiger partial charge in [0.1, 0.15) is 0 Å². The van der Waals surface area contributed by atoms with Gasteiger partial charge in [-0.2, -0.15) is 0 Å². The molecule has 2 atom stereocenters. The van der Waals surface area contributed by atoms with Gasteiger partial charge in [0.15, 0.2) is 0 Å². The summed E-state index contributed by atoms with van der Waals surface area (Å²) < 4.78 is 0. The van der Waals surface area contributed by atoms with E-state index in [1.807, 2.05) is 32.9 Å². The first-order chi connectivity index (χ1) is 14.9. The molecule has 3 nitrogen and oxygen atoms in total. The molecule has 1 heterocycles. The highest BCUT2D eigenvalue weighted by Crippen LogP contribution is 2.64. The van der Waals surface area contributed by atoms with Crippen LogP contribution in [0, 0.1) is 32.6 Å². The van der Waals surface area contributed by atoms with Crippen molar-refractivity contribution in [2.24, 2.45) is 11.8 Å². The molecule has 0 radical (unpaired) electrons. The summed E-state index contributed by atoms with van der Waals surface area (Å²) in [4.78, 5) is 29.6. The Morgan fingerprint density at radius 3 is 1.84 bits per heavy atom. The SMILES string of the molecule is Cc1cc(C)c(N2C(=O)[C@@H]3C4c5ccccc5C(C)(c5ccccc54)[C@@H]3C2=O)c(C)c1. The summed E-state index contributed by atoms with van der Waals surface area (Å²) in [6.07, 6.45) is 0. The zero-order chi connectivity index (χ0) is 21.7. The highest BCUT2D eigenvalue weighted by atomic mass is 16.2. The van der Waals surface area contributed by atoms with Gasteiger partial charge in [0.25, 0.3) is 0 Å². The third kappa shape index (κ3) is 2.09. The Balaban J connectivity index is 1.62. The van der Waals surface area contributed by atoms with Crippen molar-refractivity contribution in [2.75, 3.05) is 4.90 Å². The Kier molecular flexibility index (Phi) is 3.56. The Hall–Kier alpha value is -3.20. The number of benzene rings is 3. The molecule has 1 aliphatic heterocycles. The average molecular weight is 408 g/mol. The summed E-state index contributed by atoms with van der Waals surface area (Å²) in [6, 6.07) is 20.9. The van der Waals surface area contributed by atoms with Gasteiger partial charge in [-0.05, 0) is 54.2 Å². The van der Waals surface area contributed by atoms with Crippen molar-refractivity contribution >= 4 is 17.5 Å². The minimum absolute atomic E-state index is 0.0507. The van der Waals surface area contributed by atoms with Crippen LogP contribution < -0.4 is 4.90 Å². The molecule has 1 fully saturated rings. The van der Waals surface area contributed by atoms with Crippen molar-refractivity contribution in [3.8, 4) is 0 Å². The zero-order valence-electron chi connectivity index (χ0n) is 18.3. The molecule has 3 aromatic rings. The van der Waals surface area contributed by atoms with E-state index in [0.717, 1.165) is 22.4 Å². The zero-order valence-corrected chi connectivity index (χ0v) is 18.3. The van der Waals surface area contributed by atoms with E-state index in [4.69, 9.17) is 0 Å². The lowest BCUT2D eigenvalue weighted by Crippen LogP contribution is -2.51. The quantitative estimate of drug-likeness (QED) is 0.521. The first kappa shape index (κ1) is 18.6. The Morgan fingerprint density at radius 1 is 0.774 bits per heavy atom. The van der Waals surface area contributed by atoms with Crippen LogP contribution in [0.25, 0.3) is 0 Å². The molecule has 4 aliphatic rings. The molecule has 0 saturated carbocycles. The van der Waals surface area contributed by atoms with Crippen LogP contribution in [0.15, 0.2) is 60.7 Å². The monoisotopic (exact) mass is 407 g/mol. The lowest BCUT2D eigenvalue weighted by molar-refractivity contribution is -0.123. The Labute approximate surface area is 182 Å². The predicted octanol–water partition coefficient (Wildman–Crippen LogP) is 5.18. The standard InChI is InChI=1S/C28H25NO2/c1-15-13-16(2)25(17(3)14-15)29-26(30)23-22-18-9-5-7-11-20(18)28(4,24(23)27(29)31)21-12-8-6-10-19(21)22/h5-14,22-24H,1-4H3/t22?,23-,24+,28?/m1/s1. The van der Waals surface area contributed by atoms with Crippen molar-refractivity contribution in [1.82, 2.24) is 0 Å². The largest absolute Gasteiger partial charge is 0.274 e. The van der Waals surface area contributed by atoms with Crippen LogP contribution in [-0.2, 0) is 15.0 Å². The molecule has 3 heteroatoms. The van der Waals surface area contributed by atoms with Gasteiger partial charge in [0, 0.05) is 11.3 Å². The van der Waals surface area contributed by atoms with Gasteiger partial charge in [-0.15, -0.1) is 0 Å². The summed E-state index contributed by atoms with van der Waals surface area (Å²) in [6.45, 7) is 8.21. The van der Waals surface area contributed by atoms with E-state index < -0.39 is 5.41 Å². The summed E-state index contributed by atoms with van der Waals surface area (Å²) in [5.41, 5.74) is 8.14. The number of aryl methyl sites for hydroxylation is 3. The number of carbonyl (C=O) groups excluding carboxylic acids is 2. The number of amides is 2. The number of hydrogen-bond acceptors (Lipinski definition) is 2. The van der Waals surface area contributed by atoms with E-state index in [0.29, 0.717) is 0 Å². The average Bonchev–Trinajstić information content (AvgIpc) is 3.00. The maximum atomic E-state index is 14.1. The van der Waals surface area contributed by atoms with Crippen LogP contribution in [0.1, 0.15) is 51.8 Å². The van der Waals surface area contributed by atoms with Crippen LogP contribution in [0.2, 0.25) is 0 Å². The van der Waals surface area contributed by atoms with Gasteiger partial charge in [-0.25, -0.2) is 4.90 Å². The molecule has 0 N–H and O–H groups in total. The lowest BCUT2D eigenvalue weighted by atomic mass is 9.48. The maximum absolute atomic E-state index is 14.1. The third-order valence-corrected chi connectivity index (χ3v) is 7.90. The van der Waals surface area contributed by atoms with Crippen LogP contribution in [0.4, 0.5) is 5.69 Å². The number of carbonyl (C=O) groups is 2. The molecular formula is C28H25NO2. The molecule has 2 amide bonds. The number of imide groups is 1. The molecule has 3 aliphatic carbocycles. The fourth-order valence-corrected chi connectivity index (χ4v) is 6.90. The van der Waals surface area contributed by atoms with E-state index >= 15 is 0 Å². The fraction of sp³-hybridized carbons (Fsp3) is 0.286. The van der Waals surface area contributed by atoms with E-state index in [1.165, 1.54) is 27.2 Å². The summed E-state index contributed by atoms with van der Waals surface area (Å²) in [5, 5.41) is 0. The number of hydrogen-bond donors (Lipinski definition) is 0. The second-order valence-electron chi connectivity index (χ2n) is 9.62. The second kappa shape index (κ2) is 5.94. The minimum Gasteiger partial charge on any atom is -0.274 e. The maximum Gasteiger partial charge on any atom is 0.238 e. The Morgan fingerprint density at radius 2 is 1.29 bits per heavy atom. The van der Waals surface area contributed by atoms with Crippen LogP contribution >= 0.6 is 0 Å². The molecule has 0 aromatic heterocycles. The molecule has 0 spiro atoms. The van der Waals surface area contributed by atoms with Crippen LogP contribution in [-0.4, -0.2) is 11.8 Å². The van der Waals surface area contributed by atoms with E-state index in [-0.39, 0.29) is 29.6 Å². The molecule has 1 saturated heterocycles. The van der Waals surface area contributed by atoms with Gasteiger partial charge in [0.05, 0.1) is 17.5 Å². The van der Waals surface area contributed by atoms with Crippen molar-refractivity contribution in [3.05, 3.63) is 99.6 Å². The fourth-order valence-electron chi connectivity index (χ4n) is 6.90. The molecule has 154 valence electrons. The molecule has 0 unspecified atom stereocenters. The van der Waals surface area contributed by atoms with Crippen molar-refractivity contribution in [2.45, 2.75) is 39.0 Å². The smallest absolute Gasteiger partial charge is 0.238 e. The van der Waals surface area contributed by atoms with Crippen molar-refractivity contribution in [3.63, 3.8) is 0 Å². The molecule has 7 rings (SSSR count). The van der Waals surface area contributed by atoms with Gasteiger partial charge in [0.2, 0.25) is 11.8 Å². The number of anilines is 1. The normalized spacial score (nSPS) is 27.9. The van der Waals surface area contributed by atoms with Gasteiger partial charge in [-0.3, -0.25) is 9.59 Å². The van der Waals surface area contributed by atoms with Gasteiger partial charge >= 0.3 is 0 Å². The van der Waals surface area contributed by atoms with E-state index in [9.17, 15) is 9.59 Å². The van der Waals surface area contributed by atoms with Gasteiger partial charge < -0.3 is 0 Å². The third-order valence-electron chi connectivity index (χ3n) is 7.90. The van der Waals surface area contributed by atoms with Crippen molar-refractivity contribution < 1.29 is 9.59 Å². The molecular weight excluding hydrogens is 382 g/mol. The first-order valence-corrected chi connectivity index (χ1v) is 11.0. The summed E-state index contributed by atoms with van der Waals surface area (Å²) >= 11 is 0. The summed E-state index contributed by atoms with van der Waals surface area (Å²) in [5.74, 6) is -0.920. The van der Waals surface area contributed by atoms with Crippen LogP contribution in [0.5, 0.6) is 0 Å². The highest BCUT2D eigenvalue weighted by molar-refractivity contribution is 6.24. The predicted molar refractivity (Wildman–Crippen MR) is 121 cm³/mol. The topological polar surface area (TPSA) is 37.4 Å². The molecule has 31 heavy (non-hydrogen) atoms. The second-order valence-corrected chi connectivity index (χ2v) is 9.62. The van der Waals surface area contributed by atoms with Crippen molar-refractivity contribution in [1.29, 1.82) is 0 Å². The number of rotatable bonds is 1. The molecule has 2 bridgehead atoms. The van der Waals surface area contributed by atoms with E-state index in [2.05, 4.69) is 55.5 Å². The Bertz CT molecular complexity index is 1230.